The minimum atomic E-state index is -0.142. The summed E-state index contributed by atoms with van der Waals surface area (Å²) in [5.74, 6) is 0.954. The first kappa shape index (κ1) is 10.6. The molecule has 0 aromatic carbocycles. The second-order valence-electron chi connectivity index (χ2n) is 3.24. The van der Waals surface area contributed by atoms with Crippen LogP contribution in [0.5, 0.6) is 0 Å². The fourth-order valence-corrected chi connectivity index (χ4v) is 1.18. The molecular formula is C10H16N2O2. The number of furan rings is 1. The minimum absolute atomic E-state index is 0.142. The zero-order chi connectivity index (χ0) is 10.4. The quantitative estimate of drug-likeness (QED) is 0.767. The first-order valence-electron chi connectivity index (χ1n) is 4.73. The largest absolute Gasteiger partial charge is 0.469 e. The summed E-state index contributed by atoms with van der Waals surface area (Å²) in [6.45, 7) is 1.97. The van der Waals surface area contributed by atoms with Crippen molar-refractivity contribution in [3.05, 3.63) is 24.2 Å². The molecule has 2 amide bonds. The summed E-state index contributed by atoms with van der Waals surface area (Å²) < 4.78 is 5.19. The predicted octanol–water partition coefficient (Wildman–Crippen LogP) is 1.53. The molecule has 0 radical (unpaired) electrons. The number of carbonyl (C=O) groups excluding carboxylic acids is 1. The molecule has 78 valence electrons. The zero-order valence-electron chi connectivity index (χ0n) is 8.54. The van der Waals surface area contributed by atoms with Gasteiger partial charge in [0.25, 0.3) is 0 Å². The number of hydrogen-bond donors (Lipinski definition) is 2. The maximum Gasteiger partial charge on any atom is 0.314 e. The topological polar surface area (TPSA) is 54.3 Å². The molecule has 0 fully saturated rings. The molecule has 1 aromatic heterocycles. The van der Waals surface area contributed by atoms with Crippen molar-refractivity contribution in [3.8, 4) is 0 Å². The molecule has 1 rings (SSSR count). The van der Waals surface area contributed by atoms with Gasteiger partial charge in [0, 0.05) is 19.5 Å². The number of rotatable bonds is 4. The molecule has 1 unspecified atom stereocenters. The number of amides is 2. The van der Waals surface area contributed by atoms with Gasteiger partial charge < -0.3 is 15.1 Å². The van der Waals surface area contributed by atoms with Crippen LogP contribution in [0.3, 0.4) is 0 Å². The lowest BCUT2D eigenvalue weighted by Gasteiger charge is -2.12. The van der Waals surface area contributed by atoms with Crippen LogP contribution in [0, 0.1) is 0 Å². The van der Waals surface area contributed by atoms with Gasteiger partial charge >= 0.3 is 6.03 Å². The predicted molar refractivity (Wildman–Crippen MR) is 54.1 cm³/mol. The molecule has 0 saturated heterocycles. The maximum absolute atomic E-state index is 10.9. The Morgan fingerprint density at radius 1 is 1.64 bits per heavy atom. The first-order chi connectivity index (χ1) is 6.72. The van der Waals surface area contributed by atoms with E-state index >= 15 is 0 Å². The Kier molecular flexibility index (Phi) is 4.04. The van der Waals surface area contributed by atoms with Crippen LogP contribution in [-0.4, -0.2) is 19.1 Å². The van der Waals surface area contributed by atoms with Crippen LogP contribution in [0.1, 0.15) is 19.1 Å². The number of aryl methyl sites for hydroxylation is 1. The molecule has 4 heteroatoms. The molecule has 0 saturated carbocycles. The van der Waals surface area contributed by atoms with E-state index in [9.17, 15) is 4.79 Å². The molecule has 14 heavy (non-hydrogen) atoms. The van der Waals surface area contributed by atoms with Gasteiger partial charge in [-0.25, -0.2) is 4.79 Å². The number of urea groups is 1. The molecule has 1 aromatic rings. The van der Waals surface area contributed by atoms with Gasteiger partial charge in [-0.2, -0.15) is 0 Å². The number of hydrogen-bond acceptors (Lipinski definition) is 2. The lowest BCUT2D eigenvalue weighted by Crippen LogP contribution is -2.39. The van der Waals surface area contributed by atoms with Crippen LogP contribution in [0.25, 0.3) is 0 Å². The fourth-order valence-electron chi connectivity index (χ4n) is 1.18. The average Bonchev–Trinajstić information content (AvgIpc) is 2.67. The Morgan fingerprint density at radius 2 is 2.43 bits per heavy atom. The minimum Gasteiger partial charge on any atom is -0.469 e. The second kappa shape index (κ2) is 5.32. The van der Waals surface area contributed by atoms with E-state index in [0.717, 1.165) is 18.6 Å². The SMILES string of the molecule is CNC(=O)NC(C)CCc1ccco1. The van der Waals surface area contributed by atoms with Crippen molar-refractivity contribution in [2.24, 2.45) is 0 Å². The Balaban J connectivity index is 2.21. The van der Waals surface area contributed by atoms with Gasteiger partial charge in [-0.15, -0.1) is 0 Å². The van der Waals surface area contributed by atoms with Gasteiger partial charge in [-0.05, 0) is 25.5 Å². The van der Waals surface area contributed by atoms with Crippen molar-refractivity contribution in [1.29, 1.82) is 0 Å². The van der Waals surface area contributed by atoms with E-state index in [-0.39, 0.29) is 12.1 Å². The normalized spacial score (nSPS) is 12.1. The van der Waals surface area contributed by atoms with Crippen LogP contribution >= 0.6 is 0 Å². The third-order valence-corrected chi connectivity index (χ3v) is 2.01. The van der Waals surface area contributed by atoms with E-state index in [4.69, 9.17) is 4.42 Å². The van der Waals surface area contributed by atoms with Crippen molar-refractivity contribution in [2.75, 3.05) is 7.05 Å². The van der Waals surface area contributed by atoms with Crippen LogP contribution in [0.4, 0.5) is 4.79 Å². The van der Waals surface area contributed by atoms with E-state index in [0.29, 0.717) is 0 Å². The molecule has 0 aliphatic carbocycles. The number of carbonyl (C=O) groups is 1. The summed E-state index contributed by atoms with van der Waals surface area (Å²) in [4.78, 5) is 10.9. The van der Waals surface area contributed by atoms with Gasteiger partial charge in [-0.1, -0.05) is 0 Å². The highest BCUT2D eigenvalue weighted by Gasteiger charge is 2.06. The van der Waals surface area contributed by atoms with Crippen molar-refractivity contribution >= 4 is 6.03 Å². The third kappa shape index (κ3) is 3.51. The molecule has 0 bridgehead atoms. The highest BCUT2D eigenvalue weighted by atomic mass is 16.3. The third-order valence-electron chi connectivity index (χ3n) is 2.01. The molecule has 0 aliphatic rings. The second-order valence-corrected chi connectivity index (χ2v) is 3.24. The Hall–Kier alpha value is -1.45. The molecule has 4 nitrogen and oxygen atoms in total. The summed E-state index contributed by atoms with van der Waals surface area (Å²) >= 11 is 0. The van der Waals surface area contributed by atoms with Gasteiger partial charge in [0.1, 0.15) is 5.76 Å². The van der Waals surface area contributed by atoms with E-state index in [1.54, 1.807) is 13.3 Å². The highest BCUT2D eigenvalue weighted by Crippen LogP contribution is 2.05. The summed E-state index contributed by atoms with van der Waals surface area (Å²) in [6, 6.07) is 3.82. The summed E-state index contributed by atoms with van der Waals surface area (Å²) in [6.07, 6.45) is 3.38. The van der Waals surface area contributed by atoms with E-state index < -0.39 is 0 Å². The molecule has 1 atom stereocenters. The Bertz CT molecular complexity index is 270. The molecule has 0 spiro atoms. The van der Waals surface area contributed by atoms with Crippen LogP contribution in [0.15, 0.2) is 22.8 Å². The van der Waals surface area contributed by atoms with E-state index in [1.165, 1.54) is 0 Å². The monoisotopic (exact) mass is 196 g/mol. The standard InChI is InChI=1S/C10H16N2O2/c1-8(12-10(13)11-2)5-6-9-4-3-7-14-9/h3-4,7-8H,5-6H2,1-2H3,(H2,11,12,13). The van der Waals surface area contributed by atoms with Gasteiger partial charge in [0.05, 0.1) is 6.26 Å². The van der Waals surface area contributed by atoms with Crippen molar-refractivity contribution in [1.82, 2.24) is 10.6 Å². The molecule has 0 aliphatic heterocycles. The summed E-state index contributed by atoms with van der Waals surface area (Å²) in [5.41, 5.74) is 0. The van der Waals surface area contributed by atoms with Crippen molar-refractivity contribution < 1.29 is 9.21 Å². The molecule has 2 N–H and O–H groups in total. The maximum atomic E-state index is 10.9. The van der Waals surface area contributed by atoms with E-state index in [2.05, 4.69) is 10.6 Å². The Morgan fingerprint density at radius 3 is 3.00 bits per heavy atom. The smallest absolute Gasteiger partial charge is 0.314 e. The first-order valence-corrected chi connectivity index (χ1v) is 4.73. The van der Waals surface area contributed by atoms with Gasteiger partial charge in [0.15, 0.2) is 0 Å². The van der Waals surface area contributed by atoms with Crippen LogP contribution in [0.2, 0.25) is 0 Å². The Labute approximate surface area is 83.7 Å². The van der Waals surface area contributed by atoms with Crippen LogP contribution < -0.4 is 10.6 Å². The van der Waals surface area contributed by atoms with Crippen molar-refractivity contribution in [2.45, 2.75) is 25.8 Å². The highest BCUT2D eigenvalue weighted by molar-refractivity contribution is 5.73. The van der Waals surface area contributed by atoms with E-state index in [1.807, 2.05) is 19.1 Å². The molecule has 1 heterocycles. The van der Waals surface area contributed by atoms with Gasteiger partial charge in [-0.3, -0.25) is 0 Å². The molecular weight excluding hydrogens is 180 g/mol. The average molecular weight is 196 g/mol. The lowest BCUT2D eigenvalue weighted by atomic mass is 10.1. The van der Waals surface area contributed by atoms with Crippen LogP contribution in [-0.2, 0) is 6.42 Å². The lowest BCUT2D eigenvalue weighted by molar-refractivity contribution is 0.239. The summed E-state index contributed by atoms with van der Waals surface area (Å²) in [7, 11) is 1.61. The zero-order valence-corrected chi connectivity index (χ0v) is 8.54. The summed E-state index contributed by atoms with van der Waals surface area (Å²) in [5, 5.41) is 5.32. The van der Waals surface area contributed by atoms with Gasteiger partial charge in [0.2, 0.25) is 0 Å². The number of nitrogens with one attached hydrogen (secondary N) is 2. The van der Waals surface area contributed by atoms with Crippen molar-refractivity contribution in [3.63, 3.8) is 0 Å². The fraction of sp³-hybridized carbons (Fsp3) is 0.500.